The van der Waals surface area contributed by atoms with E-state index < -0.39 is 16.5 Å². The lowest BCUT2D eigenvalue weighted by Crippen LogP contribution is -2.50. The molecule has 1 aliphatic heterocycles. The van der Waals surface area contributed by atoms with Crippen LogP contribution in [0, 0.1) is 10.1 Å². The molecule has 182 valence electrons. The van der Waals surface area contributed by atoms with Crippen LogP contribution in [0.2, 0.25) is 0 Å². The number of hydrogen-bond donors (Lipinski definition) is 0. The van der Waals surface area contributed by atoms with Crippen molar-refractivity contribution in [1.29, 1.82) is 0 Å². The maximum absolute atomic E-state index is 12.1. The van der Waals surface area contributed by atoms with Gasteiger partial charge in [0.1, 0.15) is 11.7 Å². The van der Waals surface area contributed by atoms with Crippen LogP contribution in [-0.4, -0.2) is 83.9 Å². The first-order chi connectivity index (χ1) is 15.6. The first-order valence-electron chi connectivity index (χ1n) is 11.4. The third-order valence-electron chi connectivity index (χ3n) is 5.64. The van der Waals surface area contributed by atoms with Gasteiger partial charge < -0.3 is 19.1 Å². The van der Waals surface area contributed by atoms with Gasteiger partial charge in [-0.25, -0.2) is 9.59 Å². The summed E-state index contributed by atoms with van der Waals surface area (Å²) in [6, 6.07) is 5.39. The molecule has 0 aromatic heterocycles. The summed E-state index contributed by atoms with van der Waals surface area (Å²) in [4.78, 5) is 38.5. The Morgan fingerprint density at radius 2 is 1.70 bits per heavy atom. The van der Waals surface area contributed by atoms with Gasteiger partial charge in [0, 0.05) is 64.3 Å². The van der Waals surface area contributed by atoms with Crippen molar-refractivity contribution < 1.29 is 28.7 Å². The second kappa shape index (κ2) is 10.9. The molecule has 0 unspecified atom stereocenters. The fraction of sp³-hybridized carbons (Fsp3) is 0.652. The van der Waals surface area contributed by atoms with Crippen LogP contribution >= 0.6 is 0 Å². The van der Waals surface area contributed by atoms with Gasteiger partial charge in [0.15, 0.2) is 0 Å². The third kappa shape index (κ3) is 7.68. The lowest BCUT2D eigenvalue weighted by Gasteiger charge is -2.36. The number of benzene rings is 1. The largest absolute Gasteiger partial charge is 0.459 e. The zero-order valence-corrected chi connectivity index (χ0v) is 19.5. The van der Waals surface area contributed by atoms with Gasteiger partial charge in [0.05, 0.1) is 16.6 Å². The molecule has 1 aromatic rings. The Morgan fingerprint density at radius 1 is 1.06 bits per heavy atom. The van der Waals surface area contributed by atoms with Crippen LogP contribution in [0.4, 0.5) is 10.5 Å². The van der Waals surface area contributed by atoms with Gasteiger partial charge in [-0.15, -0.1) is 0 Å². The highest BCUT2D eigenvalue weighted by atomic mass is 16.6. The van der Waals surface area contributed by atoms with Crippen molar-refractivity contribution in [2.45, 2.75) is 57.8 Å². The first-order valence-corrected chi connectivity index (χ1v) is 11.4. The van der Waals surface area contributed by atoms with Crippen LogP contribution in [-0.2, 0) is 14.2 Å². The van der Waals surface area contributed by atoms with Gasteiger partial charge in [-0.2, -0.15) is 0 Å². The summed E-state index contributed by atoms with van der Waals surface area (Å²) in [5.74, 6) is -0.473. The summed E-state index contributed by atoms with van der Waals surface area (Å²) < 4.78 is 16.7. The number of piperazine rings is 1. The van der Waals surface area contributed by atoms with Crippen molar-refractivity contribution in [2.24, 2.45) is 0 Å². The summed E-state index contributed by atoms with van der Waals surface area (Å²) in [6.45, 7) is 10.1. The van der Waals surface area contributed by atoms with Crippen LogP contribution in [0.25, 0.3) is 0 Å². The fourth-order valence-corrected chi connectivity index (χ4v) is 3.71. The summed E-state index contributed by atoms with van der Waals surface area (Å²) in [5, 5.41) is 10.7. The van der Waals surface area contributed by atoms with Crippen molar-refractivity contribution in [3.63, 3.8) is 0 Å². The molecule has 1 aliphatic carbocycles. The van der Waals surface area contributed by atoms with E-state index in [2.05, 4.69) is 4.90 Å². The Kier molecular flexibility index (Phi) is 8.25. The molecule has 0 bridgehead atoms. The SMILES string of the molecule is CC(C)(C)OC(=O)N1CCN(CCCO[C@H]2C[C@H](OC(=O)c3ccc([N+](=O)[O-])cc3)C2)CC1. The molecule has 33 heavy (non-hydrogen) atoms. The highest BCUT2D eigenvalue weighted by Gasteiger charge is 2.33. The van der Waals surface area contributed by atoms with Gasteiger partial charge in [-0.3, -0.25) is 15.0 Å². The number of esters is 1. The van der Waals surface area contributed by atoms with Crippen LogP contribution in [0.1, 0.15) is 50.4 Å². The number of carbonyl (C=O) groups excluding carboxylic acids is 2. The van der Waals surface area contributed by atoms with Gasteiger partial charge >= 0.3 is 12.1 Å². The minimum atomic E-state index is -0.507. The molecule has 0 radical (unpaired) electrons. The fourth-order valence-electron chi connectivity index (χ4n) is 3.71. The standard InChI is InChI=1S/C23H33N3O7/c1-23(2,3)33-22(28)25-12-10-24(11-13-25)9-4-14-31-19-15-20(16-19)32-21(27)17-5-7-18(8-6-17)26(29)30/h5-8,19-20H,4,9-16H2,1-3H3/t19-,20-. The Bertz CT molecular complexity index is 823. The van der Waals surface area contributed by atoms with Crippen LogP contribution in [0.15, 0.2) is 24.3 Å². The minimum absolute atomic E-state index is 0.0615. The number of non-ortho nitro benzene ring substituents is 1. The highest BCUT2D eigenvalue weighted by molar-refractivity contribution is 5.89. The molecule has 0 N–H and O–H groups in total. The molecule has 0 spiro atoms. The number of amides is 1. The maximum Gasteiger partial charge on any atom is 0.410 e. The second-order valence-corrected chi connectivity index (χ2v) is 9.46. The number of carbonyl (C=O) groups is 2. The number of nitro benzene ring substituents is 1. The van der Waals surface area contributed by atoms with Gasteiger partial charge in [-0.1, -0.05) is 0 Å². The van der Waals surface area contributed by atoms with Crippen molar-refractivity contribution in [3.05, 3.63) is 39.9 Å². The van der Waals surface area contributed by atoms with E-state index in [9.17, 15) is 19.7 Å². The lowest BCUT2D eigenvalue weighted by molar-refractivity contribution is -0.384. The predicted octanol–water partition coefficient (Wildman–Crippen LogP) is 3.24. The van der Waals surface area contributed by atoms with E-state index >= 15 is 0 Å². The van der Waals surface area contributed by atoms with E-state index in [1.54, 1.807) is 4.90 Å². The zero-order valence-electron chi connectivity index (χ0n) is 19.5. The molecule has 1 aromatic carbocycles. The molecule has 1 amide bonds. The molecule has 2 aliphatic rings. The van der Waals surface area contributed by atoms with Crippen molar-refractivity contribution in [2.75, 3.05) is 39.3 Å². The smallest absolute Gasteiger partial charge is 0.410 e. The molecule has 0 atom stereocenters. The second-order valence-electron chi connectivity index (χ2n) is 9.46. The van der Waals surface area contributed by atoms with Crippen molar-refractivity contribution >= 4 is 17.7 Å². The quantitative estimate of drug-likeness (QED) is 0.250. The van der Waals surface area contributed by atoms with E-state index in [4.69, 9.17) is 14.2 Å². The Balaban J connectivity index is 1.24. The number of nitrogens with zero attached hydrogens (tertiary/aromatic N) is 3. The van der Waals surface area contributed by atoms with Gasteiger partial charge in [-0.05, 0) is 39.3 Å². The Morgan fingerprint density at radius 3 is 2.27 bits per heavy atom. The first kappa shape index (κ1) is 24.9. The molecule has 3 rings (SSSR count). The van der Waals surface area contributed by atoms with Crippen LogP contribution in [0.3, 0.4) is 0 Å². The van der Waals surface area contributed by atoms with Gasteiger partial charge in [0.25, 0.3) is 5.69 Å². The predicted molar refractivity (Wildman–Crippen MR) is 120 cm³/mol. The summed E-state index contributed by atoms with van der Waals surface area (Å²) in [7, 11) is 0. The normalized spacial score (nSPS) is 21.2. The Hall–Kier alpha value is -2.72. The van der Waals surface area contributed by atoms with Gasteiger partial charge in [0.2, 0.25) is 0 Å². The molecule has 10 heteroatoms. The van der Waals surface area contributed by atoms with E-state index in [0.29, 0.717) is 38.1 Å². The molecular weight excluding hydrogens is 430 g/mol. The van der Waals surface area contributed by atoms with E-state index in [1.165, 1.54) is 24.3 Å². The maximum atomic E-state index is 12.1. The van der Waals surface area contributed by atoms with Crippen molar-refractivity contribution in [1.82, 2.24) is 9.80 Å². The molecular formula is C23H33N3O7. The number of nitro groups is 1. The molecule has 2 fully saturated rings. The Labute approximate surface area is 193 Å². The van der Waals surface area contributed by atoms with E-state index in [1.807, 2.05) is 20.8 Å². The van der Waals surface area contributed by atoms with Crippen LogP contribution < -0.4 is 0 Å². The highest BCUT2D eigenvalue weighted by Crippen LogP contribution is 2.27. The lowest BCUT2D eigenvalue weighted by atomic mass is 9.92. The monoisotopic (exact) mass is 463 g/mol. The third-order valence-corrected chi connectivity index (χ3v) is 5.64. The summed E-state index contributed by atoms with van der Waals surface area (Å²) >= 11 is 0. The summed E-state index contributed by atoms with van der Waals surface area (Å²) in [5.41, 5.74) is -0.236. The molecule has 10 nitrogen and oxygen atoms in total. The summed E-state index contributed by atoms with van der Waals surface area (Å²) in [6.07, 6.45) is 1.87. The number of hydrogen-bond acceptors (Lipinski definition) is 8. The topological polar surface area (TPSA) is 111 Å². The van der Waals surface area contributed by atoms with Crippen LogP contribution in [0.5, 0.6) is 0 Å². The van der Waals surface area contributed by atoms with E-state index in [-0.39, 0.29) is 24.0 Å². The molecule has 1 heterocycles. The molecule has 1 saturated heterocycles. The van der Waals surface area contributed by atoms with Crippen molar-refractivity contribution in [3.8, 4) is 0 Å². The average Bonchev–Trinajstić information content (AvgIpc) is 2.73. The number of ether oxygens (including phenoxy) is 3. The zero-order chi connectivity index (χ0) is 24.0. The minimum Gasteiger partial charge on any atom is -0.459 e. The molecule has 1 saturated carbocycles. The van der Waals surface area contributed by atoms with E-state index in [0.717, 1.165) is 26.1 Å². The average molecular weight is 464 g/mol. The number of rotatable bonds is 8.